The third-order valence-corrected chi connectivity index (χ3v) is 2.52. The van der Waals surface area contributed by atoms with Gasteiger partial charge in [-0.25, -0.2) is 0 Å². The number of halogens is 2. The Kier molecular flexibility index (Phi) is 7.57. The first kappa shape index (κ1) is 14.4. The molecule has 1 saturated heterocycles. The summed E-state index contributed by atoms with van der Waals surface area (Å²) in [5.74, 6) is 0. The largest absolute Gasteiger partial charge is 0.303 e. The lowest BCUT2D eigenvalue weighted by atomic mass is 9.87. The first-order valence-electron chi connectivity index (χ1n) is 4.83. The molecule has 1 rings (SSSR count). The Bertz CT molecular complexity index is 131. The van der Waals surface area contributed by atoms with Crippen molar-refractivity contribution in [2.24, 2.45) is 5.41 Å². The predicted molar refractivity (Wildman–Crippen MR) is 77.8 cm³/mol. The van der Waals surface area contributed by atoms with Crippen molar-refractivity contribution < 1.29 is 0 Å². The van der Waals surface area contributed by atoms with Gasteiger partial charge in [-0.3, -0.25) is 0 Å². The highest BCUT2D eigenvalue weighted by Gasteiger charge is 2.25. The molecule has 0 amide bonds. The Balaban J connectivity index is 0.000000671. The number of hydrogen-bond acceptors (Lipinski definition) is 1. The van der Waals surface area contributed by atoms with Crippen LogP contribution >= 0.6 is 37.2 Å². The molecule has 13 heavy (non-hydrogen) atoms. The third kappa shape index (κ3) is 6.49. The van der Waals surface area contributed by atoms with Crippen LogP contribution in [0.25, 0.3) is 0 Å². The summed E-state index contributed by atoms with van der Waals surface area (Å²) < 4.78 is 0. The molecule has 1 aliphatic rings. The van der Waals surface area contributed by atoms with Crippen LogP contribution in [0.15, 0.2) is 0 Å². The molecule has 0 aromatic rings. The van der Waals surface area contributed by atoms with Gasteiger partial charge in [0.1, 0.15) is 0 Å². The van der Waals surface area contributed by atoms with Crippen molar-refractivity contribution in [3.63, 3.8) is 0 Å². The molecule has 0 bridgehead atoms. The second kappa shape index (κ2) is 6.82. The lowest BCUT2D eigenvalue weighted by molar-refractivity contribution is 0.224. The third-order valence-electron chi connectivity index (χ3n) is 2.52. The molecule has 80 valence electrons. The van der Waals surface area contributed by atoms with E-state index in [0.717, 1.165) is 6.04 Å². The smallest absolute Gasteiger partial charge is 0.00976 e. The zero-order valence-electron chi connectivity index (χ0n) is 9.11. The molecular formula is C10H21I2N. The molecule has 0 saturated carbocycles. The van der Waals surface area contributed by atoms with Gasteiger partial charge in [0.2, 0.25) is 0 Å². The van der Waals surface area contributed by atoms with Crippen molar-refractivity contribution in [3.05, 3.63) is 0 Å². The molecule has 0 aromatic heterocycles. The van der Waals surface area contributed by atoms with Crippen molar-refractivity contribution in [2.75, 3.05) is 13.6 Å². The molecule has 3 heteroatoms. The lowest BCUT2D eigenvalue weighted by Crippen LogP contribution is -2.29. The van der Waals surface area contributed by atoms with Crippen molar-refractivity contribution >= 4 is 37.2 Å². The number of nitrogens with zero attached hydrogens (tertiary/aromatic N) is 1. The highest BCUT2D eigenvalue weighted by Crippen LogP contribution is 2.28. The van der Waals surface area contributed by atoms with Gasteiger partial charge in [0, 0.05) is 43.3 Å². The quantitative estimate of drug-likeness (QED) is 0.585. The Morgan fingerprint density at radius 3 is 2.15 bits per heavy atom. The first-order valence-corrected chi connectivity index (χ1v) is 11.1. The van der Waals surface area contributed by atoms with Gasteiger partial charge in [-0.05, 0) is 38.3 Å². The minimum absolute atomic E-state index is 0.503. The highest BCUT2D eigenvalue weighted by molar-refractivity contribution is 15.0. The Hall–Kier alpha value is 1.42. The van der Waals surface area contributed by atoms with E-state index in [-0.39, 0.29) is 0 Å². The highest BCUT2D eigenvalue weighted by atomic mass is 128. The average Bonchev–Trinajstić information content (AvgIpc) is 2.38. The van der Waals surface area contributed by atoms with Crippen LogP contribution in [0.3, 0.4) is 0 Å². The zero-order valence-corrected chi connectivity index (χ0v) is 13.4. The van der Waals surface area contributed by atoms with Gasteiger partial charge in [0.15, 0.2) is 0 Å². The van der Waals surface area contributed by atoms with Gasteiger partial charge in [0.25, 0.3) is 0 Å². The molecular weight excluding hydrogens is 388 g/mol. The molecule has 0 aromatic carbocycles. The van der Waals surface area contributed by atoms with Crippen LogP contribution in [-0.4, -0.2) is 24.5 Å². The Morgan fingerprint density at radius 1 is 1.31 bits per heavy atom. The molecule has 0 radical (unpaired) electrons. The molecule has 1 atom stereocenters. The summed E-state index contributed by atoms with van der Waals surface area (Å²) in [6, 6.07) is 0.856. The zero-order chi connectivity index (χ0) is 10.5. The van der Waals surface area contributed by atoms with E-state index in [9.17, 15) is 0 Å². The molecule has 1 nitrogen and oxygen atoms in total. The second-order valence-electron chi connectivity index (χ2n) is 5.04. The maximum Gasteiger partial charge on any atom is 0.00976 e. The lowest BCUT2D eigenvalue weighted by Gasteiger charge is -2.27. The predicted octanol–water partition coefficient (Wildman–Crippen LogP) is 4.29. The minimum atomic E-state index is 0.503. The monoisotopic (exact) mass is 409 g/mol. The SMILES string of the molecule is CN1CCC[C@@H]1CC(C)(C)C.II. The van der Waals surface area contributed by atoms with E-state index < -0.39 is 0 Å². The van der Waals surface area contributed by atoms with Crippen molar-refractivity contribution in [1.29, 1.82) is 0 Å². The fraction of sp³-hybridized carbons (Fsp3) is 1.00. The summed E-state index contributed by atoms with van der Waals surface area (Å²) in [5.41, 5.74) is 0.503. The van der Waals surface area contributed by atoms with E-state index in [0.29, 0.717) is 5.41 Å². The molecule has 0 spiro atoms. The van der Waals surface area contributed by atoms with E-state index in [1.807, 2.05) is 0 Å². The van der Waals surface area contributed by atoms with Crippen molar-refractivity contribution in [3.8, 4) is 0 Å². The molecule has 1 aliphatic heterocycles. The van der Waals surface area contributed by atoms with Crippen molar-refractivity contribution in [1.82, 2.24) is 4.90 Å². The fourth-order valence-corrected chi connectivity index (χ4v) is 1.94. The maximum atomic E-state index is 2.51. The summed E-state index contributed by atoms with van der Waals surface area (Å²) in [6.45, 7) is 8.30. The standard InChI is InChI=1S/C10H21N.I2/c1-10(2,3)8-9-6-5-7-11(9)4;1-2/h9H,5-8H2,1-4H3;/t9-;/m1./s1. The number of rotatable bonds is 1. The Labute approximate surface area is 106 Å². The van der Waals surface area contributed by atoms with E-state index in [1.165, 1.54) is 25.8 Å². The number of likely N-dealkylation sites (tertiary alicyclic amines) is 1. The summed E-state index contributed by atoms with van der Waals surface area (Å²) in [5, 5.41) is 0. The maximum absolute atomic E-state index is 2.51. The normalized spacial score (nSPS) is 24.0. The van der Waals surface area contributed by atoms with Crippen molar-refractivity contribution in [2.45, 2.75) is 46.1 Å². The van der Waals surface area contributed by atoms with Gasteiger partial charge >= 0.3 is 0 Å². The summed E-state index contributed by atoms with van der Waals surface area (Å²) >= 11 is 4.24. The summed E-state index contributed by atoms with van der Waals surface area (Å²) in [6.07, 6.45) is 4.16. The van der Waals surface area contributed by atoms with Crippen LogP contribution in [0.4, 0.5) is 0 Å². The van der Waals surface area contributed by atoms with Crippen LogP contribution in [0.1, 0.15) is 40.0 Å². The van der Waals surface area contributed by atoms with Gasteiger partial charge in [-0.15, -0.1) is 0 Å². The van der Waals surface area contributed by atoms with E-state index in [2.05, 4.69) is 70.0 Å². The first-order chi connectivity index (χ1) is 5.99. The molecule has 1 fully saturated rings. The van der Waals surface area contributed by atoms with Gasteiger partial charge in [0.05, 0.1) is 0 Å². The molecule has 1 heterocycles. The molecule has 0 N–H and O–H groups in total. The van der Waals surface area contributed by atoms with E-state index in [4.69, 9.17) is 0 Å². The van der Waals surface area contributed by atoms with Crippen LogP contribution in [0.5, 0.6) is 0 Å². The topological polar surface area (TPSA) is 3.24 Å². The van der Waals surface area contributed by atoms with Crippen LogP contribution < -0.4 is 0 Å². The van der Waals surface area contributed by atoms with Gasteiger partial charge in [-0.2, -0.15) is 0 Å². The average molecular weight is 409 g/mol. The Morgan fingerprint density at radius 2 is 1.85 bits per heavy atom. The van der Waals surface area contributed by atoms with E-state index in [1.54, 1.807) is 0 Å². The van der Waals surface area contributed by atoms with E-state index >= 15 is 0 Å². The van der Waals surface area contributed by atoms with Crippen LogP contribution in [-0.2, 0) is 0 Å². The summed E-state index contributed by atoms with van der Waals surface area (Å²) in [7, 11) is 2.25. The molecule has 0 unspecified atom stereocenters. The fourth-order valence-electron chi connectivity index (χ4n) is 1.94. The van der Waals surface area contributed by atoms with Crippen LogP contribution in [0.2, 0.25) is 0 Å². The molecule has 0 aliphatic carbocycles. The van der Waals surface area contributed by atoms with Gasteiger partial charge < -0.3 is 4.90 Å². The van der Waals surface area contributed by atoms with Gasteiger partial charge in [-0.1, -0.05) is 20.8 Å². The minimum Gasteiger partial charge on any atom is -0.303 e. The second-order valence-corrected chi connectivity index (χ2v) is 5.04. The van der Waals surface area contributed by atoms with Crippen LogP contribution in [0, 0.1) is 5.41 Å². The number of hydrogen-bond donors (Lipinski definition) is 0. The summed E-state index contributed by atoms with van der Waals surface area (Å²) in [4.78, 5) is 2.51.